The van der Waals surface area contributed by atoms with Crippen LogP contribution in [0.2, 0.25) is 0 Å². The van der Waals surface area contributed by atoms with E-state index in [1.165, 1.54) is 5.57 Å². The lowest BCUT2D eigenvalue weighted by molar-refractivity contribution is 0.191. The molecule has 37 heavy (non-hydrogen) atoms. The van der Waals surface area contributed by atoms with Crippen LogP contribution in [0, 0.1) is 24.6 Å². The van der Waals surface area contributed by atoms with Crippen LogP contribution < -0.4 is 0 Å². The van der Waals surface area contributed by atoms with Gasteiger partial charge in [-0.15, -0.1) is 0 Å². The normalized spacial score (nSPS) is 16.3. The summed E-state index contributed by atoms with van der Waals surface area (Å²) in [4.78, 5) is 2.54. The minimum atomic E-state index is -0.244. The van der Waals surface area contributed by atoms with E-state index in [1.54, 1.807) is 10.7 Å². The Morgan fingerprint density at radius 3 is 2.51 bits per heavy atom. The van der Waals surface area contributed by atoms with Gasteiger partial charge in [-0.05, 0) is 99.4 Å². The molecule has 1 aromatic carbocycles. The van der Waals surface area contributed by atoms with Gasteiger partial charge < -0.3 is 4.90 Å². The first-order chi connectivity index (χ1) is 17.7. The molecule has 0 saturated carbocycles. The molecule has 1 aliphatic heterocycles. The molecule has 3 rings (SSSR count). The van der Waals surface area contributed by atoms with Gasteiger partial charge >= 0.3 is 0 Å². The predicted molar refractivity (Wildman–Crippen MR) is 157 cm³/mol. The molecule has 0 aliphatic carbocycles. The number of piperidine rings is 1. The molecular weight excluding hydrogens is 457 g/mol. The van der Waals surface area contributed by atoms with Crippen molar-refractivity contribution < 1.29 is 4.39 Å². The molecule has 1 aromatic heterocycles. The molecule has 1 atom stereocenters. The number of likely N-dealkylation sites (tertiary alicyclic amines) is 1. The Kier molecular flexibility index (Phi) is 10.0. The van der Waals surface area contributed by atoms with Crippen LogP contribution in [0.25, 0.3) is 16.8 Å². The number of allylic oxidation sites excluding steroid dienone is 6. The van der Waals surface area contributed by atoms with E-state index in [1.807, 2.05) is 45.1 Å². The first-order valence-corrected chi connectivity index (χ1v) is 13.6. The lowest BCUT2D eigenvalue weighted by Gasteiger charge is -2.34. The molecule has 0 bridgehead atoms. The Bertz CT molecular complexity index is 1190. The summed E-state index contributed by atoms with van der Waals surface area (Å²) in [6.07, 6.45) is 12.2. The zero-order valence-electron chi connectivity index (χ0n) is 23.5. The maximum atomic E-state index is 15.1. The fourth-order valence-electron chi connectivity index (χ4n) is 5.43. The zero-order chi connectivity index (χ0) is 27.1. The Morgan fingerprint density at radius 2 is 1.95 bits per heavy atom. The van der Waals surface area contributed by atoms with Crippen LogP contribution in [0.4, 0.5) is 4.39 Å². The van der Waals surface area contributed by atoms with E-state index in [2.05, 4.69) is 50.6 Å². The van der Waals surface area contributed by atoms with Crippen LogP contribution in [-0.4, -0.2) is 34.3 Å². The Balaban J connectivity index is 1.78. The van der Waals surface area contributed by atoms with Crippen LogP contribution in [0.3, 0.4) is 0 Å². The average Bonchev–Trinajstić information content (AvgIpc) is 3.22. The number of hydrogen-bond acceptors (Lipinski definition) is 2. The SMILES string of the molecule is C=C/C(=C\C=C/C)C(C)CN1CCC(C(=C)c2nn(-c3ccc(CCC)cc3F)c(C)c2C(=C)C)CC1. The van der Waals surface area contributed by atoms with E-state index in [0.29, 0.717) is 17.5 Å². The van der Waals surface area contributed by atoms with Gasteiger partial charge in [-0.3, -0.25) is 0 Å². The summed E-state index contributed by atoms with van der Waals surface area (Å²) in [6.45, 7) is 26.2. The third kappa shape index (κ3) is 6.67. The maximum Gasteiger partial charge on any atom is 0.149 e. The third-order valence-corrected chi connectivity index (χ3v) is 7.52. The Labute approximate surface area is 223 Å². The molecule has 1 fully saturated rings. The summed E-state index contributed by atoms with van der Waals surface area (Å²) in [5.41, 5.74) is 7.48. The summed E-state index contributed by atoms with van der Waals surface area (Å²) >= 11 is 0. The molecule has 4 heteroatoms. The Morgan fingerprint density at radius 1 is 1.24 bits per heavy atom. The number of aromatic nitrogens is 2. The molecule has 2 heterocycles. The van der Waals surface area contributed by atoms with Gasteiger partial charge in [-0.1, -0.05) is 70.4 Å². The van der Waals surface area contributed by atoms with Gasteiger partial charge in [-0.25, -0.2) is 9.07 Å². The largest absolute Gasteiger partial charge is 0.303 e. The highest BCUT2D eigenvalue weighted by Gasteiger charge is 2.28. The van der Waals surface area contributed by atoms with Crippen molar-refractivity contribution >= 4 is 11.1 Å². The summed E-state index contributed by atoms with van der Waals surface area (Å²) < 4.78 is 16.8. The van der Waals surface area contributed by atoms with E-state index in [0.717, 1.165) is 79.0 Å². The number of rotatable bonds is 11. The van der Waals surface area contributed by atoms with Gasteiger partial charge in [0.05, 0.1) is 5.69 Å². The van der Waals surface area contributed by atoms with E-state index in [4.69, 9.17) is 5.10 Å². The Hall–Kier alpha value is -2.98. The van der Waals surface area contributed by atoms with Gasteiger partial charge in [0.1, 0.15) is 11.5 Å². The molecule has 1 saturated heterocycles. The second-order valence-corrected chi connectivity index (χ2v) is 10.4. The van der Waals surface area contributed by atoms with Gasteiger partial charge in [0, 0.05) is 17.8 Å². The van der Waals surface area contributed by atoms with Crippen molar-refractivity contribution in [3.8, 4) is 5.69 Å². The lowest BCUT2D eigenvalue weighted by atomic mass is 9.85. The molecule has 1 aliphatic rings. The monoisotopic (exact) mass is 501 g/mol. The molecule has 0 N–H and O–H groups in total. The van der Waals surface area contributed by atoms with E-state index in [-0.39, 0.29) is 5.82 Å². The van der Waals surface area contributed by atoms with Crippen molar-refractivity contribution in [2.45, 2.75) is 60.3 Å². The fourth-order valence-corrected chi connectivity index (χ4v) is 5.43. The molecule has 2 aromatic rings. The maximum absolute atomic E-state index is 15.1. The summed E-state index contributed by atoms with van der Waals surface area (Å²) in [5.74, 6) is 0.536. The summed E-state index contributed by atoms with van der Waals surface area (Å²) in [7, 11) is 0. The third-order valence-electron chi connectivity index (χ3n) is 7.52. The predicted octanol–water partition coefficient (Wildman–Crippen LogP) is 8.36. The second-order valence-electron chi connectivity index (χ2n) is 10.4. The fraction of sp³-hybridized carbons (Fsp3) is 0.424. The van der Waals surface area contributed by atoms with Gasteiger partial charge in [-0.2, -0.15) is 5.10 Å². The highest BCUT2D eigenvalue weighted by molar-refractivity contribution is 5.78. The quantitative estimate of drug-likeness (QED) is 0.288. The highest BCUT2D eigenvalue weighted by Crippen LogP contribution is 2.36. The minimum absolute atomic E-state index is 0.244. The second kappa shape index (κ2) is 13.0. The number of nitrogens with zero attached hydrogens (tertiary/aromatic N) is 3. The van der Waals surface area contributed by atoms with Crippen molar-refractivity contribution in [3.63, 3.8) is 0 Å². The number of halogens is 1. The van der Waals surface area contributed by atoms with E-state index >= 15 is 4.39 Å². The first-order valence-electron chi connectivity index (χ1n) is 13.6. The van der Waals surface area contributed by atoms with Crippen molar-refractivity contribution in [2.75, 3.05) is 19.6 Å². The topological polar surface area (TPSA) is 21.1 Å². The van der Waals surface area contributed by atoms with E-state index in [9.17, 15) is 0 Å². The first kappa shape index (κ1) is 28.6. The number of hydrogen-bond donors (Lipinski definition) is 0. The smallest absolute Gasteiger partial charge is 0.149 e. The molecule has 0 amide bonds. The van der Waals surface area contributed by atoms with Crippen LogP contribution in [-0.2, 0) is 6.42 Å². The molecule has 1 unspecified atom stereocenters. The van der Waals surface area contributed by atoms with Gasteiger partial charge in [0.15, 0.2) is 0 Å². The number of aryl methyl sites for hydroxylation is 1. The van der Waals surface area contributed by atoms with Crippen LogP contribution in [0.5, 0.6) is 0 Å². The molecule has 0 spiro atoms. The van der Waals surface area contributed by atoms with Gasteiger partial charge in [0.2, 0.25) is 0 Å². The van der Waals surface area contributed by atoms with Crippen LogP contribution in [0.1, 0.15) is 69.5 Å². The highest BCUT2D eigenvalue weighted by atomic mass is 19.1. The van der Waals surface area contributed by atoms with Crippen molar-refractivity contribution in [3.05, 3.63) is 96.1 Å². The minimum Gasteiger partial charge on any atom is -0.303 e. The van der Waals surface area contributed by atoms with Crippen LogP contribution in [0.15, 0.2) is 67.8 Å². The summed E-state index contributed by atoms with van der Waals surface area (Å²) in [5, 5.41) is 4.92. The molecule has 3 nitrogen and oxygen atoms in total. The van der Waals surface area contributed by atoms with E-state index < -0.39 is 0 Å². The average molecular weight is 502 g/mol. The van der Waals surface area contributed by atoms with Gasteiger partial charge in [0.25, 0.3) is 0 Å². The molecular formula is C33H44FN3. The van der Waals surface area contributed by atoms with Crippen molar-refractivity contribution in [1.29, 1.82) is 0 Å². The van der Waals surface area contributed by atoms with Crippen molar-refractivity contribution in [1.82, 2.24) is 14.7 Å². The number of benzene rings is 1. The van der Waals surface area contributed by atoms with Crippen LogP contribution >= 0.6 is 0 Å². The summed E-state index contributed by atoms with van der Waals surface area (Å²) in [6, 6.07) is 5.48. The standard InChI is InChI=1S/C33H44FN3/c1-9-12-14-28(11-3)24(6)22-36-19-17-29(18-20-36)25(7)33-32(23(4)5)26(8)37(35-33)31-16-15-27(13-10-2)21-30(31)34/h9,11-12,14-16,21,24,29H,3-4,7,10,13,17-20,22H2,1-2,5-6,8H3/b12-9-,28-14+. The lowest BCUT2D eigenvalue weighted by Crippen LogP contribution is -2.37. The zero-order valence-corrected chi connectivity index (χ0v) is 23.5. The molecule has 0 radical (unpaired) electrons. The molecule has 198 valence electrons. The van der Waals surface area contributed by atoms with Crippen molar-refractivity contribution in [2.24, 2.45) is 11.8 Å².